The van der Waals surface area contributed by atoms with Crippen LogP contribution in [0.5, 0.6) is 5.75 Å². The van der Waals surface area contributed by atoms with Gasteiger partial charge in [0.25, 0.3) is 0 Å². The van der Waals surface area contributed by atoms with Crippen molar-refractivity contribution in [2.75, 3.05) is 13.7 Å². The van der Waals surface area contributed by atoms with E-state index in [2.05, 4.69) is 326 Å². The summed E-state index contributed by atoms with van der Waals surface area (Å²) < 4.78 is 5.24. The molecule has 0 aromatic heterocycles. The predicted molar refractivity (Wildman–Crippen MR) is 476 cm³/mol. The fourth-order valence-electron chi connectivity index (χ4n) is 14.3. The molecule has 111 heavy (non-hydrogen) atoms. The van der Waals surface area contributed by atoms with Crippen molar-refractivity contribution in [2.45, 2.75) is 50.6 Å². The number of methoxy groups -OCH3 is 1. The third-order valence-corrected chi connectivity index (χ3v) is 20.2. The number of nitrogens with one attached hydrogen (secondary N) is 3. The molecule has 0 fully saturated rings. The van der Waals surface area contributed by atoms with E-state index in [-0.39, 0.29) is 82.4 Å². The van der Waals surface area contributed by atoms with Gasteiger partial charge in [0.2, 0.25) is 0 Å². The molecule has 0 saturated heterocycles. The van der Waals surface area contributed by atoms with Crippen molar-refractivity contribution in [1.29, 1.82) is 0 Å². The van der Waals surface area contributed by atoms with Crippen molar-refractivity contribution in [1.82, 2.24) is 0 Å². The second-order valence-electron chi connectivity index (χ2n) is 27.7. The van der Waals surface area contributed by atoms with Gasteiger partial charge in [0.1, 0.15) is 5.75 Å². The Hall–Kier alpha value is -10.1. The molecular weight excluding hydrogens is 1610 g/mol. The Labute approximate surface area is 699 Å². The monoisotopic (exact) mass is 1710 g/mol. The first-order chi connectivity index (χ1) is 52.4. The summed E-state index contributed by atoms with van der Waals surface area (Å²) in [5.74, 6) is 1.01. The van der Waals surface area contributed by atoms with E-state index in [1.54, 1.807) is 7.11 Å². The van der Waals surface area contributed by atoms with E-state index in [4.69, 9.17) is 21.9 Å². The molecule has 0 saturated carbocycles. The molecular formula is C104H101N3ORu3-12. The van der Waals surface area contributed by atoms with Crippen molar-refractivity contribution in [3.05, 3.63) is 468 Å². The van der Waals surface area contributed by atoms with Gasteiger partial charge in [0, 0.05) is 0 Å². The maximum absolute atomic E-state index is 8.71. The van der Waals surface area contributed by atoms with Crippen LogP contribution < -0.4 is 4.74 Å². The van der Waals surface area contributed by atoms with Crippen LogP contribution >= 0.6 is 0 Å². The van der Waals surface area contributed by atoms with Crippen LogP contribution in [0.15, 0.2) is 328 Å². The van der Waals surface area contributed by atoms with Crippen molar-refractivity contribution in [3.63, 3.8) is 0 Å². The van der Waals surface area contributed by atoms with Crippen LogP contribution in [0, 0.1) is 75.2 Å². The first kappa shape index (κ1) is 86.4. The van der Waals surface area contributed by atoms with Crippen molar-refractivity contribution >= 4 is 64.6 Å². The second-order valence-corrected chi connectivity index (χ2v) is 27.7. The molecule has 4 nitrogen and oxygen atoms in total. The molecule has 0 heterocycles. The molecule has 3 N–H and O–H groups in total. The Bertz CT molecular complexity index is 4970. The molecule has 16 aromatic rings. The molecule has 0 aliphatic rings. The van der Waals surface area contributed by atoms with Gasteiger partial charge in [-0.25, -0.2) is 6.42 Å². The summed E-state index contributed by atoms with van der Waals surface area (Å²) in [6.07, 6.45) is 0.736. The van der Waals surface area contributed by atoms with E-state index < -0.39 is 5.41 Å². The zero-order chi connectivity index (χ0) is 76.4. The van der Waals surface area contributed by atoms with Gasteiger partial charge in [-0.2, -0.15) is 163 Å². The molecule has 0 amide bonds. The van der Waals surface area contributed by atoms with E-state index in [0.29, 0.717) is 6.54 Å². The van der Waals surface area contributed by atoms with Gasteiger partial charge in [0.15, 0.2) is 0 Å². The zero-order valence-corrected chi connectivity index (χ0v) is 69.9. The van der Waals surface area contributed by atoms with Crippen LogP contribution in [0.4, 0.5) is 0 Å². The number of hydrogen-bond acceptors (Lipinski definition) is 1. The summed E-state index contributed by atoms with van der Waals surface area (Å²) in [6.45, 7) is 44.3. The standard InChI is InChI=1S/3C22H16.C20H25NO.C15H15N.C3H7N.3Ru.6H/c3*1-15-11-13-17-7-3-5-9-19(17)21(15)22-16(2)12-14-18-8-4-6-10-20(18)22;1-14(2)19(21)20(4,16-8-6-15(3)7-9-16)17-10-12-18(22-5)13-11-17;1-12(13-8-4-2-5-9-13)15(16)14-10-6-3-7-11-14;1-2-3-4;;;;;;;;;/h3*3-14H,1-2H2;6-14,19,21H,4H2,1-3,5H3;2-12,15-16H,1H2;4H,1-3H2;;;;;;;;;/q6*-2;;;;;;;;;/t;;;19-,20?;12-,15+;;;;;;;;;;/m...11........../s1. The quantitative estimate of drug-likeness (QED) is 0.0886. The number of ether oxygens (including phenoxy) is 1. The van der Waals surface area contributed by atoms with E-state index in [1.807, 2.05) is 84.9 Å². The van der Waals surface area contributed by atoms with E-state index >= 15 is 0 Å². The Kier molecular flexibility index (Phi) is 31.7. The van der Waals surface area contributed by atoms with Gasteiger partial charge in [0.05, 0.1) is 7.11 Å². The van der Waals surface area contributed by atoms with Gasteiger partial charge >= 0.3 is 58.4 Å². The fraction of sp³-hybridized carbons (Fsp3) is 0.106. The van der Waals surface area contributed by atoms with Crippen LogP contribution in [0.1, 0.15) is 93.4 Å². The van der Waals surface area contributed by atoms with Gasteiger partial charge in [-0.1, -0.05) is 323 Å². The average molecular weight is 1710 g/mol. The Balaban J connectivity index is 0.000000172. The zero-order valence-electron chi connectivity index (χ0n) is 63.9. The van der Waals surface area contributed by atoms with E-state index in [9.17, 15) is 0 Å². The summed E-state index contributed by atoms with van der Waals surface area (Å²) >= 11 is 0. The minimum atomic E-state index is -0.589. The van der Waals surface area contributed by atoms with Crippen LogP contribution in [0.2, 0.25) is 0 Å². The van der Waals surface area contributed by atoms with Crippen molar-refractivity contribution in [2.24, 2.45) is 5.92 Å². The first-order valence-corrected chi connectivity index (χ1v) is 36.8. The van der Waals surface area contributed by atoms with Crippen LogP contribution in [0.3, 0.4) is 0 Å². The number of fused-ring (bicyclic) bond motifs is 6. The molecule has 4 atom stereocenters. The van der Waals surface area contributed by atoms with Gasteiger partial charge in [-0.05, 0) is 51.4 Å². The molecule has 7 heteroatoms. The van der Waals surface area contributed by atoms with E-state index in [0.717, 1.165) is 67.8 Å². The number of rotatable bonds is 12. The molecule has 574 valence electrons. The third kappa shape index (κ3) is 20.0. The average Bonchev–Trinajstić information content (AvgIpc) is 0.789. The molecule has 0 aliphatic heterocycles. The molecule has 16 aromatic carbocycles. The second kappa shape index (κ2) is 40.7. The fourth-order valence-corrected chi connectivity index (χ4v) is 14.3. The molecule has 0 aliphatic carbocycles. The summed E-state index contributed by atoms with van der Waals surface area (Å²) in [5.41, 5.74) is 41.6. The molecule has 1 unspecified atom stereocenters. The van der Waals surface area contributed by atoms with Gasteiger partial charge < -0.3 is 42.7 Å². The normalized spacial score (nSPS) is 12.0. The number of benzene rings is 16. The molecule has 16 rings (SSSR count). The Morgan fingerprint density at radius 1 is 0.333 bits per heavy atom. The first-order valence-electron chi connectivity index (χ1n) is 36.8. The molecule has 0 spiro atoms. The number of hydrogen-bond donors (Lipinski definition) is 0. The van der Waals surface area contributed by atoms with Gasteiger partial charge in [-0.3, -0.25) is 0 Å². The van der Waals surface area contributed by atoms with Crippen molar-refractivity contribution < 1.29 is 63.2 Å². The maximum atomic E-state index is 8.71. The van der Waals surface area contributed by atoms with Crippen molar-refractivity contribution in [3.8, 4) is 39.1 Å². The summed E-state index contributed by atoms with van der Waals surface area (Å²) in [7, 11) is 1.66. The summed E-state index contributed by atoms with van der Waals surface area (Å²) in [4.78, 5) is 0. The predicted octanol–water partition coefficient (Wildman–Crippen LogP) is 27.3. The van der Waals surface area contributed by atoms with Crippen LogP contribution in [-0.4, -0.2) is 19.7 Å². The SMILES string of the molecule is [CH2-]C(c1ccc(C)cc1)(c1ccc(OC)cc1)[C@H]([NH-])C(C)C.[CH2-]CC[NH-].[CH2-][C@H](c1ccccc1)[C@H]([NH-])c1ccccc1.[CH2-]c1ccc2ccccc2c1-c1c([CH2-])ccc2ccccc12.[CH2-]c1ccc2ccccc2c1-c1c([CH2-])ccc2ccccc12.[CH2-]c1ccc2ccccc2c1-c1c([CH2-])ccc2ccccc12.[RuH2].[RuH2].[RuH2]. The van der Waals surface area contributed by atoms with E-state index in [1.165, 1.54) is 104 Å². The molecule has 0 radical (unpaired) electrons. The summed E-state index contributed by atoms with van der Waals surface area (Å²) in [5, 5.41) is 14.8. The number of aryl methyl sites for hydroxylation is 1. The third-order valence-electron chi connectivity index (χ3n) is 20.2. The van der Waals surface area contributed by atoms with Crippen LogP contribution in [0.25, 0.3) is 115 Å². The van der Waals surface area contributed by atoms with Gasteiger partial charge in [-0.15, -0.1) is 47.9 Å². The Morgan fingerprint density at radius 2 is 0.568 bits per heavy atom. The minimum absolute atomic E-state index is 0. The summed E-state index contributed by atoms with van der Waals surface area (Å²) in [6, 6.07) is 112. The topological polar surface area (TPSA) is 80.6 Å². The Morgan fingerprint density at radius 3 is 0.811 bits per heavy atom. The molecule has 0 bridgehead atoms. The van der Waals surface area contributed by atoms with Crippen LogP contribution in [-0.2, 0) is 63.8 Å².